The molecule has 0 aromatic heterocycles. The van der Waals surface area contributed by atoms with Gasteiger partial charge < -0.3 is 0 Å². The standard InChI is InChI=1S/C7H10S/c8-6-7-4-2-1-3-5-7/h2,4,6-7H,1,3,5H2. The smallest absolute Gasteiger partial charge is 0.00515 e. The van der Waals surface area contributed by atoms with E-state index in [1.54, 1.807) is 0 Å². The minimum absolute atomic E-state index is 0.596. The van der Waals surface area contributed by atoms with Crippen molar-refractivity contribution in [3.8, 4) is 0 Å². The van der Waals surface area contributed by atoms with Crippen LogP contribution in [-0.4, -0.2) is 5.37 Å². The van der Waals surface area contributed by atoms with E-state index in [-0.39, 0.29) is 0 Å². The fourth-order valence-corrected chi connectivity index (χ4v) is 1.18. The van der Waals surface area contributed by atoms with Crippen molar-refractivity contribution in [1.82, 2.24) is 0 Å². The molecule has 0 N–H and O–H groups in total. The van der Waals surface area contributed by atoms with E-state index in [4.69, 9.17) is 12.2 Å². The van der Waals surface area contributed by atoms with Gasteiger partial charge >= 0.3 is 0 Å². The summed E-state index contributed by atoms with van der Waals surface area (Å²) in [5.74, 6) is 0.596. The van der Waals surface area contributed by atoms with Gasteiger partial charge in [-0.25, -0.2) is 0 Å². The highest BCUT2D eigenvalue weighted by Crippen LogP contribution is 2.14. The zero-order valence-electron chi connectivity index (χ0n) is 4.84. The van der Waals surface area contributed by atoms with Crippen LogP contribution in [-0.2, 0) is 0 Å². The second-order valence-corrected chi connectivity index (χ2v) is 2.43. The average Bonchev–Trinajstić information content (AvgIpc) is 1.90. The Balaban J connectivity index is 2.42. The predicted octanol–water partition coefficient (Wildman–Crippen LogP) is 2.34. The van der Waals surface area contributed by atoms with Crippen LogP contribution in [0.3, 0.4) is 0 Å². The molecule has 0 nitrogen and oxygen atoms in total. The summed E-state index contributed by atoms with van der Waals surface area (Å²) in [6.07, 6.45) is 8.25. The number of allylic oxidation sites excluding steroid dienone is 2. The van der Waals surface area contributed by atoms with Gasteiger partial charge in [0, 0.05) is 5.92 Å². The maximum Gasteiger partial charge on any atom is 0.00515 e. The van der Waals surface area contributed by atoms with Crippen molar-refractivity contribution in [1.29, 1.82) is 0 Å². The Hall–Kier alpha value is -0.170. The SMILES string of the molecule is S=CC1C=CCCC1. The third-order valence-electron chi connectivity index (χ3n) is 1.47. The molecule has 0 saturated carbocycles. The molecular weight excluding hydrogens is 116 g/mol. The fraction of sp³-hybridized carbons (Fsp3) is 0.571. The molecule has 0 saturated heterocycles. The largest absolute Gasteiger partial charge is 0.0928 e. The third-order valence-corrected chi connectivity index (χ3v) is 1.82. The van der Waals surface area contributed by atoms with Crippen molar-refractivity contribution in [2.75, 3.05) is 0 Å². The highest BCUT2D eigenvalue weighted by Gasteiger charge is 2.02. The van der Waals surface area contributed by atoms with E-state index in [9.17, 15) is 0 Å². The van der Waals surface area contributed by atoms with Crippen LogP contribution in [0, 0.1) is 5.92 Å². The van der Waals surface area contributed by atoms with Crippen LogP contribution >= 0.6 is 12.2 Å². The van der Waals surface area contributed by atoms with Gasteiger partial charge in [-0.2, -0.15) is 0 Å². The molecule has 8 heavy (non-hydrogen) atoms. The molecule has 0 aromatic carbocycles. The molecule has 0 amide bonds. The van der Waals surface area contributed by atoms with Crippen molar-refractivity contribution in [3.05, 3.63) is 12.2 Å². The second kappa shape index (κ2) is 2.98. The summed E-state index contributed by atoms with van der Waals surface area (Å²) in [4.78, 5) is 0. The van der Waals surface area contributed by atoms with E-state index >= 15 is 0 Å². The van der Waals surface area contributed by atoms with Crippen LogP contribution in [0.1, 0.15) is 19.3 Å². The van der Waals surface area contributed by atoms with Gasteiger partial charge in [-0.05, 0) is 24.6 Å². The monoisotopic (exact) mass is 126 g/mol. The molecular formula is C7H10S. The van der Waals surface area contributed by atoms with Crippen LogP contribution in [0.15, 0.2) is 12.2 Å². The lowest BCUT2D eigenvalue weighted by Crippen LogP contribution is -1.99. The summed E-state index contributed by atoms with van der Waals surface area (Å²) >= 11 is 4.80. The maximum absolute atomic E-state index is 4.80. The summed E-state index contributed by atoms with van der Waals surface area (Å²) in [7, 11) is 0. The molecule has 0 fully saturated rings. The van der Waals surface area contributed by atoms with Crippen LogP contribution in [0.4, 0.5) is 0 Å². The van der Waals surface area contributed by atoms with Crippen LogP contribution in [0.5, 0.6) is 0 Å². The number of thiocarbonyl (C=S) groups is 1. The minimum atomic E-state index is 0.596. The molecule has 0 bridgehead atoms. The Morgan fingerprint density at radius 3 is 2.88 bits per heavy atom. The van der Waals surface area contributed by atoms with Crippen LogP contribution < -0.4 is 0 Å². The zero-order chi connectivity index (χ0) is 5.82. The number of rotatable bonds is 1. The van der Waals surface area contributed by atoms with E-state index in [0.717, 1.165) is 0 Å². The molecule has 1 aliphatic rings. The lowest BCUT2D eigenvalue weighted by atomic mass is 9.98. The molecule has 0 spiro atoms. The molecule has 0 radical (unpaired) electrons. The summed E-state index contributed by atoms with van der Waals surface area (Å²) in [6.45, 7) is 0. The second-order valence-electron chi connectivity index (χ2n) is 2.16. The van der Waals surface area contributed by atoms with Gasteiger partial charge in [-0.3, -0.25) is 0 Å². The molecule has 1 unspecified atom stereocenters. The Kier molecular flexibility index (Phi) is 2.22. The van der Waals surface area contributed by atoms with Gasteiger partial charge in [0.05, 0.1) is 0 Å². The third kappa shape index (κ3) is 1.41. The molecule has 1 atom stereocenters. The number of hydrogen-bond acceptors (Lipinski definition) is 1. The fourth-order valence-electron chi connectivity index (χ4n) is 0.952. The van der Waals surface area contributed by atoms with Gasteiger partial charge in [-0.15, -0.1) is 0 Å². The van der Waals surface area contributed by atoms with Gasteiger partial charge in [0.15, 0.2) is 0 Å². The van der Waals surface area contributed by atoms with E-state index in [2.05, 4.69) is 12.2 Å². The summed E-state index contributed by atoms with van der Waals surface area (Å²) in [5, 5.41) is 1.86. The van der Waals surface area contributed by atoms with Gasteiger partial charge in [0.2, 0.25) is 0 Å². The van der Waals surface area contributed by atoms with Crippen LogP contribution in [0.25, 0.3) is 0 Å². The Morgan fingerprint density at radius 2 is 2.50 bits per heavy atom. The Bertz CT molecular complexity index is 105. The van der Waals surface area contributed by atoms with Crippen molar-refractivity contribution >= 4 is 17.6 Å². The van der Waals surface area contributed by atoms with Gasteiger partial charge in [0.1, 0.15) is 0 Å². The lowest BCUT2D eigenvalue weighted by molar-refractivity contribution is 0.667. The topological polar surface area (TPSA) is 0 Å². The molecule has 1 aliphatic carbocycles. The molecule has 0 aliphatic heterocycles. The zero-order valence-corrected chi connectivity index (χ0v) is 5.66. The highest BCUT2D eigenvalue weighted by atomic mass is 32.1. The molecule has 44 valence electrons. The van der Waals surface area contributed by atoms with Crippen molar-refractivity contribution in [3.63, 3.8) is 0 Å². The van der Waals surface area contributed by atoms with Gasteiger partial charge in [0.25, 0.3) is 0 Å². The first-order valence-electron chi connectivity index (χ1n) is 3.05. The van der Waals surface area contributed by atoms with E-state index in [1.165, 1.54) is 19.3 Å². The first kappa shape index (κ1) is 5.96. The Labute approximate surface area is 55.6 Å². The van der Waals surface area contributed by atoms with Crippen LogP contribution in [0.2, 0.25) is 0 Å². The normalized spacial score (nSPS) is 27.8. The van der Waals surface area contributed by atoms with E-state index < -0.39 is 0 Å². The van der Waals surface area contributed by atoms with Crippen molar-refractivity contribution < 1.29 is 0 Å². The Morgan fingerprint density at radius 1 is 1.62 bits per heavy atom. The predicted molar refractivity (Wildman–Crippen MR) is 40.1 cm³/mol. The molecule has 1 heteroatoms. The van der Waals surface area contributed by atoms with Crippen molar-refractivity contribution in [2.45, 2.75) is 19.3 Å². The lowest BCUT2D eigenvalue weighted by Gasteiger charge is -2.08. The summed E-state index contributed by atoms with van der Waals surface area (Å²) in [5.41, 5.74) is 0. The molecule has 0 aromatic rings. The number of hydrogen-bond donors (Lipinski definition) is 0. The molecule has 0 heterocycles. The molecule has 1 rings (SSSR count). The maximum atomic E-state index is 4.80. The summed E-state index contributed by atoms with van der Waals surface area (Å²) < 4.78 is 0. The average molecular weight is 126 g/mol. The minimum Gasteiger partial charge on any atom is -0.0928 e. The first-order chi connectivity index (χ1) is 3.93. The van der Waals surface area contributed by atoms with E-state index in [0.29, 0.717) is 5.92 Å². The highest BCUT2D eigenvalue weighted by molar-refractivity contribution is 7.79. The van der Waals surface area contributed by atoms with E-state index in [1.807, 2.05) is 5.37 Å². The first-order valence-corrected chi connectivity index (χ1v) is 3.52. The quantitative estimate of drug-likeness (QED) is 0.384. The van der Waals surface area contributed by atoms with Crippen molar-refractivity contribution in [2.24, 2.45) is 5.92 Å². The summed E-state index contributed by atoms with van der Waals surface area (Å²) in [6, 6.07) is 0. The van der Waals surface area contributed by atoms with Gasteiger partial charge in [-0.1, -0.05) is 24.4 Å².